The van der Waals surface area contributed by atoms with E-state index in [2.05, 4.69) is 5.32 Å². The molecule has 3 nitrogen and oxygen atoms in total. The molecule has 0 saturated heterocycles. The normalized spacial score (nSPS) is 9.87. The van der Waals surface area contributed by atoms with E-state index < -0.39 is 0 Å². The van der Waals surface area contributed by atoms with Crippen LogP contribution in [0.5, 0.6) is 11.5 Å². The van der Waals surface area contributed by atoms with Gasteiger partial charge in [0.15, 0.2) is 0 Å². The molecule has 75 valence electrons. The molecule has 0 N–H and O–H groups in total. The van der Waals surface area contributed by atoms with E-state index in [4.69, 9.17) is 0 Å². The van der Waals surface area contributed by atoms with Gasteiger partial charge in [0.1, 0.15) is 0 Å². The quantitative estimate of drug-likeness (QED) is 0.732. The highest BCUT2D eigenvalue weighted by Gasteiger charge is 1.97. The fraction of sp³-hybridized carbons (Fsp3) is 0. The van der Waals surface area contributed by atoms with Gasteiger partial charge in [0.25, 0.3) is 0 Å². The van der Waals surface area contributed by atoms with Crippen molar-refractivity contribution < 1.29 is 10.2 Å². The zero-order chi connectivity index (χ0) is 10.7. The number of rotatable bonds is 2. The Morgan fingerprint density at radius 3 is 1.47 bits per heavy atom. The van der Waals surface area contributed by atoms with E-state index in [1.807, 2.05) is 0 Å². The Labute approximate surface area is 87.6 Å². The lowest BCUT2D eigenvalue weighted by Crippen LogP contribution is -2.00. The van der Waals surface area contributed by atoms with Crippen molar-refractivity contribution in [1.29, 1.82) is 0 Å². The van der Waals surface area contributed by atoms with Gasteiger partial charge in [-0.2, -0.15) is 0 Å². The van der Waals surface area contributed by atoms with Crippen molar-refractivity contribution in [2.24, 2.45) is 0 Å². The monoisotopic (exact) mass is 198 g/mol. The second kappa shape index (κ2) is 3.92. The molecule has 2 aromatic rings. The van der Waals surface area contributed by atoms with Gasteiger partial charge in [-0.1, -0.05) is 47.9 Å². The van der Waals surface area contributed by atoms with E-state index in [0.29, 0.717) is 11.4 Å². The molecule has 0 fully saturated rings. The van der Waals surface area contributed by atoms with Gasteiger partial charge in [0.05, 0.1) is 11.4 Å². The van der Waals surface area contributed by atoms with Gasteiger partial charge in [0.2, 0.25) is 0 Å². The molecule has 0 aliphatic heterocycles. The first kappa shape index (κ1) is 9.40. The smallest absolute Gasteiger partial charge is 0.0558 e. The van der Waals surface area contributed by atoms with Crippen LogP contribution < -0.4 is 15.5 Å². The van der Waals surface area contributed by atoms with Crippen LogP contribution in [0.25, 0.3) is 0 Å². The molecule has 0 heterocycles. The molecule has 1 radical (unpaired) electrons. The first-order valence-corrected chi connectivity index (χ1v) is 4.51. The molecule has 0 aliphatic rings. The highest BCUT2D eigenvalue weighted by molar-refractivity contribution is 5.59. The van der Waals surface area contributed by atoms with Gasteiger partial charge in [0, 0.05) is 0 Å². The van der Waals surface area contributed by atoms with E-state index in [1.165, 1.54) is 12.1 Å². The molecule has 2 aromatic carbocycles. The first-order valence-electron chi connectivity index (χ1n) is 4.51. The predicted octanol–water partition coefficient (Wildman–Crippen LogP) is 1.40. The van der Waals surface area contributed by atoms with E-state index in [-0.39, 0.29) is 11.5 Å². The van der Waals surface area contributed by atoms with Crippen LogP contribution in [-0.2, 0) is 0 Å². The number of hydrogen-bond donors (Lipinski definition) is 0. The molecule has 0 aliphatic carbocycles. The maximum absolute atomic E-state index is 11.3. The maximum atomic E-state index is 11.3. The lowest BCUT2D eigenvalue weighted by molar-refractivity contribution is -0.268. The SMILES string of the molecule is [O-]c1ccccc1[N]c1ccccc1[O-]. The second-order valence-electron chi connectivity index (χ2n) is 3.05. The Balaban J connectivity index is 2.30. The minimum Gasteiger partial charge on any atom is -0.871 e. The number of hydrogen-bond acceptors (Lipinski definition) is 2. The topological polar surface area (TPSA) is 60.2 Å². The van der Waals surface area contributed by atoms with E-state index >= 15 is 0 Å². The summed E-state index contributed by atoms with van der Waals surface area (Å²) in [6, 6.07) is 12.7. The number of para-hydroxylation sites is 4. The Morgan fingerprint density at radius 2 is 1.07 bits per heavy atom. The summed E-state index contributed by atoms with van der Waals surface area (Å²) in [4.78, 5) is 0. The second-order valence-corrected chi connectivity index (χ2v) is 3.05. The molecule has 0 saturated carbocycles. The Kier molecular flexibility index (Phi) is 2.46. The molecule has 0 bridgehead atoms. The molecule has 0 spiro atoms. The Hall–Kier alpha value is -2.16. The molecular formula is C12H8NO2-2. The van der Waals surface area contributed by atoms with Gasteiger partial charge >= 0.3 is 0 Å². The van der Waals surface area contributed by atoms with Gasteiger partial charge in [-0.05, 0) is 12.1 Å². The standard InChI is InChI=1S/C12H10NO2/c14-11-7-3-1-5-9(11)13-10-6-2-4-8-12(10)15/h1-8,14-15H/p-2. The van der Waals surface area contributed by atoms with Crippen molar-refractivity contribution in [2.75, 3.05) is 0 Å². The molecule has 0 aromatic heterocycles. The molecule has 2 rings (SSSR count). The fourth-order valence-corrected chi connectivity index (χ4v) is 1.23. The van der Waals surface area contributed by atoms with Crippen LogP contribution >= 0.6 is 0 Å². The van der Waals surface area contributed by atoms with E-state index in [9.17, 15) is 10.2 Å². The summed E-state index contributed by atoms with van der Waals surface area (Å²) < 4.78 is 0. The summed E-state index contributed by atoms with van der Waals surface area (Å²) in [6.07, 6.45) is 0. The third kappa shape index (κ3) is 2.02. The van der Waals surface area contributed by atoms with Crippen LogP contribution in [0.3, 0.4) is 0 Å². The van der Waals surface area contributed by atoms with Crippen molar-refractivity contribution in [3.63, 3.8) is 0 Å². The van der Waals surface area contributed by atoms with Crippen LogP contribution in [0.15, 0.2) is 48.5 Å². The maximum Gasteiger partial charge on any atom is 0.0558 e. The minimum absolute atomic E-state index is 0.180. The summed E-state index contributed by atoms with van der Waals surface area (Å²) in [5, 5.41) is 26.7. The third-order valence-electron chi connectivity index (χ3n) is 1.97. The summed E-state index contributed by atoms with van der Waals surface area (Å²) in [6.45, 7) is 0. The molecule has 0 unspecified atom stereocenters. The molecule has 0 amide bonds. The summed E-state index contributed by atoms with van der Waals surface area (Å²) in [5.74, 6) is -0.360. The van der Waals surface area contributed by atoms with Gasteiger partial charge < -0.3 is 10.2 Å². The van der Waals surface area contributed by atoms with Crippen LogP contribution in [0.4, 0.5) is 11.4 Å². The van der Waals surface area contributed by atoms with Crippen molar-refractivity contribution >= 4 is 11.4 Å². The largest absolute Gasteiger partial charge is 0.871 e. The van der Waals surface area contributed by atoms with E-state index in [1.54, 1.807) is 36.4 Å². The lowest BCUT2D eigenvalue weighted by atomic mass is 10.2. The highest BCUT2D eigenvalue weighted by Crippen LogP contribution is 2.27. The van der Waals surface area contributed by atoms with Crippen LogP contribution in [0.1, 0.15) is 0 Å². The van der Waals surface area contributed by atoms with Gasteiger partial charge in [-0.15, -0.1) is 0 Å². The van der Waals surface area contributed by atoms with Gasteiger partial charge in [-0.3, -0.25) is 5.32 Å². The zero-order valence-corrected chi connectivity index (χ0v) is 7.88. The van der Waals surface area contributed by atoms with Crippen molar-refractivity contribution in [3.8, 4) is 11.5 Å². The third-order valence-corrected chi connectivity index (χ3v) is 1.97. The van der Waals surface area contributed by atoms with Crippen LogP contribution in [0.2, 0.25) is 0 Å². The first-order chi connectivity index (χ1) is 7.27. The molecular weight excluding hydrogens is 190 g/mol. The molecule has 15 heavy (non-hydrogen) atoms. The Morgan fingerprint density at radius 1 is 0.667 bits per heavy atom. The molecule has 0 atom stereocenters. The van der Waals surface area contributed by atoms with Crippen molar-refractivity contribution in [2.45, 2.75) is 0 Å². The number of benzene rings is 2. The summed E-state index contributed by atoms with van der Waals surface area (Å²) in [7, 11) is 0. The average molecular weight is 198 g/mol. The average Bonchev–Trinajstić information content (AvgIpc) is 2.24. The zero-order valence-electron chi connectivity index (χ0n) is 7.88. The predicted molar refractivity (Wildman–Crippen MR) is 53.2 cm³/mol. The van der Waals surface area contributed by atoms with Crippen molar-refractivity contribution in [1.82, 2.24) is 5.32 Å². The summed E-state index contributed by atoms with van der Waals surface area (Å²) in [5.41, 5.74) is 0.585. The van der Waals surface area contributed by atoms with Gasteiger partial charge in [-0.25, -0.2) is 0 Å². The Bertz CT molecular complexity index is 425. The van der Waals surface area contributed by atoms with Crippen LogP contribution in [-0.4, -0.2) is 0 Å². The van der Waals surface area contributed by atoms with Crippen LogP contribution in [0, 0.1) is 0 Å². The highest BCUT2D eigenvalue weighted by atomic mass is 16.3. The minimum atomic E-state index is -0.180. The van der Waals surface area contributed by atoms with E-state index in [0.717, 1.165) is 0 Å². The fourth-order valence-electron chi connectivity index (χ4n) is 1.23. The number of nitrogens with zero attached hydrogens (tertiary/aromatic N) is 1. The van der Waals surface area contributed by atoms with Crippen molar-refractivity contribution in [3.05, 3.63) is 48.5 Å². The molecule has 3 heteroatoms. The summed E-state index contributed by atoms with van der Waals surface area (Å²) >= 11 is 0. The lowest BCUT2D eigenvalue weighted by Gasteiger charge is -2.16.